The number of rotatable bonds is 4. The van der Waals surface area contributed by atoms with E-state index in [-0.39, 0.29) is 0 Å². The molecule has 0 N–H and O–H groups in total. The first-order valence-electron chi connectivity index (χ1n) is 11.0. The molecule has 0 saturated carbocycles. The molecule has 1 radical (unpaired) electrons. The maximum Gasteiger partial charge on any atom is 0.118 e. The lowest BCUT2D eigenvalue weighted by molar-refractivity contribution is 0.414. The molecule has 6 aromatic rings. The Morgan fingerprint density at radius 3 is 1.58 bits per heavy atom. The normalized spacial score (nSPS) is 11.5. The fourth-order valence-corrected chi connectivity index (χ4v) is 5.10. The highest BCUT2D eigenvalue weighted by atomic mass is 16.5. The van der Waals surface area contributed by atoms with Crippen LogP contribution < -0.4 is 9.47 Å². The quantitative estimate of drug-likeness (QED) is 0.265. The molecule has 0 aliphatic heterocycles. The Hall–Kier alpha value is -4.04. The zero-order chi connectivity index (χ0) is 22.5. The number of hydrogen-bond acceptors (Lipinski definition) is 2. The summed E-state index contributed by atoms with van der Waals surface area (Å²) in [5.41, 5.74) is 5.64. The molecule has 0 heterocycles. The summed E-state index contributed by atoms with van der Waals surface area (Å²) in [6.45, 7) is 4.61. The van der Waals surface area contributed by atoms with Crippen molar-refractivity contribution in [3.05, 3.63) is 103 Å². The third kappa shape index (κ3) is 2.95. The Labute approximate surface area is 193 Å². The number of ether oxygens (including phenoxy) is 2. The molecule has 0 aromatic heterocycles. The monoisotopic (exact) mass is 427 g/mol. The summed E-state index contributed by atoms with van der Waals surface area (Å²) in [5, 5.41) is 7.51. The Bertz CT molecular complexity index is 1590. The molecule has 0 aliphatic carbocycles. The summed E-state index contributed by atoms with van der Waals surface area (Å²) in [4.78, 5) is 0. The van der Waals surface area contributed by atoms with Crippen LogP contribution in [0.25, 0.3) is 54.6 Å². The Balaban J connectivity index is 1.79. The molecule has 0 saturated heterocycles. The van der Waals surface area contributed by atoms with Gasteiger partial charge in [-0.05, 0) is 91.3 Å². The topological polar surface area (TPSA) is 18.5 Å². The number of hydrogen-bond donors (Lipinski definition) is 0. The first-order valence-corrected chi connectivity index (χ1v) is 11.0. The van der Waals surface area contributed by atoms with Gasteiger partial charge in [0.2, 0.25) is 0 Å². The van der Waals surface area contributed by atoms with E-state index in [0.29, 0.717) is 0 Å². The fraction of sp³-hybridized carbons (Fsp3) is 0.0645. The number of benzene rings is 6. The molecule has 0 fully saturated rings. The van der Waals surface area contributed by atoms with Crippen LogP contribution in [0.1, 0.15) is 5.56 Å². The lowest BCUT2D eigenvalue weighted by Gasteiger charge is -2.22. The zero-order valence-corrected chi connectivity index (χ0v) is 18.7. The summed E-state index contributed by atoms with van der Waals surface area (Å²) < 4.78 is 10.8. The van der Waals surface area contributed by atoms with Crippen LogP contribution >= 0.6 is 0 Å². The SMILES string of the molecule is [CH2]c1c(-c2ccc(OC)cc2)c(-c2ccc(OC)cc2)c2ccc3cccc4ccc1c2c43. The van der Waals surface area contributed by atoms with Crippen LogP contribution in [-0.4, -0.2) is 14.2 Å². The van der Waals surface area contributed by atoms with Crippen molar-refractivity contribution in [3.63, 3.8) is 0 Å². The second kappa shape index (κ2) is 7.53. The minimum absolute atomic E-state index is 0.841. The van der Waals surface area contributed by atoms with Gasteiger partial charge in [-0.1, -0.05) is 66.7 Å². The van der Waals surface area contributed by atoms with Crippen molar-refractivity contribution < 1.29 is 9.47 Å². The maximum absolute atomic E-state index is 5.42. The summed E-state index contributed by atoms with van der Waals surface area (Å²) in [5.74, 6) is 1.69. The lowest BCUT2D eigenvalue weighted by Crippen LogP contribution is -1.96. The standard InChI is InChI=1S/C31H23O2/c1-19-26-17-11-20-5-4-6-21-12-18-27(31(26)29(20)21)30(23-9-15-25(33-3)16-10-23)28(19)22-7-13-24(32-2)14-8-22/h4-18H,1H2,2-3H3. The van der Waals surface area contributed by atoms with Gasteiger partial charge in [-0.3, -0.25) is 0 Å². The Morgan fingerprint density at radius 2 is 1.03 bits per heavy atom. The molecule has 0 aliphatic rings. The van der Waals surface area contributed by atoms with Crippen LogP contribution in [0, 0.1) is 6.92 Å². The Morgan fingerprint density at radius 1 is 0.515 bits per heavy atom. The van der Waals surface area contributed by atoms with Gasteiger partial charge in [0.1, 0.15) is 11.5 Å². The average molecular weight is 428 g/mol. The van der Waals surface area contributed by atoms with Crippen LogP contribution in [0.5, 0.6) is 11.5 Å². The minimum Gasteiger partial charge on any atom is -0.497 e. The van der Waals surface area contributed by atoms with Crippen molar-refractivity contribution in [2.75, 3.05) is 14.2 Å². The van der Waals surface area contributed by atoms with E-state index in [1.165, 1.54) is 37.9 Å². The molecule has 159 valence electrons. The predicted molar refractivity (Wildman–Crippen MR) is 139 cm³/mol. The molecule has 6 rings (SSSR count). The van der Waals surface area contributed by atoms with E-state index < -0.39 is 0 Å². The van der Waals surface area contributed by atoms with Crippen molar-refractivity contribution in [2.24, 2.45) is 0 Å². The molecule has 2 heteroatoms. The molecule has 0 spiro atoms. The van der Waals surface area contributed by atoms with Gasteiger partial charge in [-0.15, -0.1) is 0 Å². The molecule has 6 aromatic carbocycles. The summed E-state index contributed by atoms with van der Waals surface area (Å²) in [6.07, 6.45) is 0. The van der Waals surface area contributed by atoms with E-state index in [1.807, 2.05) is 24.3 Å². The molecule has 0 atom stereocenters. The van der Waals surface area contributed by atoms with Crippen LogP contribution in [0.3, 0.4) is 0 Å². The summed E-state index contributed by atoms with van der Waals surface area (Å²) in [7, 11) is 3.39. The smallest absolute Gasteiger partial charge is 0.118 e. The van der Waals surface area contributed by atoms with Crippen LogP contribution in [0.4, 0.5) is 0 Å². The largest absolute Gasteiger partial charge is 0.497 e. The number of methoxy groups -OCH3 is 2. The summed E-state index contributed by atoms with van der Waals surface area (Å²) >= 11 is 0. The van der Waals surface area contributed by atoms with Crippen LogP contribution in [-0.2, 0) is 0 Å². The molecule has 0 bridgehead atoms. The molecular formula is C31H23O2. The van der Waals surface area contributed by atoms with Gasteiger partial charge in [0.15, 0.2) is 0 Å². The summed E-state index contributed by atoms with van der Waals surface area (Å²) in [6, 6.07) is 32.0. The highest BCUT2D eigenvalue weighted by molar-refractivity contribution is 6.28. The fourth-order valence-electron chi connectivity index (χ4n) is 5.10. The van der Waals surface area contributed by atoms with Gasteiger partial charge >= 0.3 is 0 Å². The highest BCUT2D eigenvalue weighted by Gasteiger charge is 2.20. The lowest BCUT2D eigenvalue weighted by atomic mass is 9.82. The van der Waals surface area contributed by atoms with Gasteiger partial charge in [0.05, 0.1) is 14.2 Å². The van der Waals surface area contributed by atoms with Gasteiger partial charge in [-0.25, -0.2) is 0 Å². The van der Waals surface area contributed by atoms with Gasteiger partial charge in [0, 0.05) is 0 Å². The van der Waals surface area contributed by atoms with E-state index in [2.05, 4.69) is 73.7 Å². The molecular weight excluding hydrogens is 404 g/mol. The second-order valence-corrected chi connectivity index (χ2v) is 8.37. The second-order valence-electron chi connectivity index (χ2n) is 8.37. The van der Waals surface area contributed by atoms with E-state index in [1.54, 1.807) is 14.2 Å². The minimum atomic E-state index is 0.841. The molecule has 0 amide bonds. The maximum atomic E-state index is 5.42. The van der Waals surface area contributed by atoms with Crippen molar-refractivity contribution in [1.29, 1.82) is 0 Å². The first-order chi connectivity index (χ1) is 16.2. The van der Waals surface area contributed by atoms with Gasteiger partial charge < -0.3 is 9.47 Å². The zero-order valence-electron chi connectivity index (χ0n) is 18.7. The van der Waals surface area contributed by atoms with E-state index in [4.69, 9.17) is 9.47 Å². The van der Waals surface area contributed by atoms with Crippen LogP contribution in [0.2, 0.25) is 0 Å². The highest BCUT2D eigenvalue weighted by Crippen LogP contribution is 2.47. The third-order valence-electron chi connectivity index (χ3n) is 6.68. The van der Waals surface area contributed by atoms with Crippen molar-refractivity contribution >= 4 is 32.3 Å². The third-order valence-corrected chi connectivity index (χ3v) is 6.68. The van der Waals surface area contributed by atoms with E-state index in [0.717, 1.165) is 33.8 Å². The van der Waals surface area contributed by atoms with Crippen molar-refractivity contribution in [1.82, 2.24) is 0 Å². The van der Waals surface area contributed by atoms with E-state index in [9.17, 15) is 0 Å². The first kappa shape index (κ1) is 19.6. The van der Waals surface area contributed by atoms with Crippen molar-refractivity contribution in [3.8, 4) is 33.8 Å². The Kier molecular flexibility index (Phi) is 4.48. The molecule has 0 unspecified atom stereocenters. The molecule has 2 nitrogen and oxygen atoms in total. The van der Waals surface area contributed by atoms with Crippen LogP contribution in [0.15, 0.2) is 91.0 Å². The molecule has 33 heavy (non-hydrogen) atoms. The van der Waals surface area contributed by atoms with Gasteiger partial charge in [0.25, 0.3) is 0 Å². The predicted octanol–water partition coefficient (Wildman–Crippen LogP) is 8.12. The van der Waals surface area contributed by atoms with E-state index >= 15 is 0 Å². The average Bonchev–Trinajstić information content (AvgIpc) is 2.88. The van der Waals surface area contributed by atoms with Gasteiger partial charge in [-0.2, -0.15) is 0 Å². The van der Waals surface area contributed by atoms with Crippen molar-refractivity contribution in [2.45, 2.75) is 0 Å².